The Balaban J connectivity index is 3.96. The maximum atomic E-state index is 12.9. The lowest BCUT2D eigenvalue weighted by molar-refractivity contribution is -0.167. The summed E-state index contributed by atoms with van der Waals surface area (Å²) in [4.78, 5) is 38.1. The van der Waals surface area contributed by atoms with Crippen molar-refractivity contribution in [1.82, 2.24) is 0 Å². The zero-order valence-corrected chi connectivity index (χ0v) is 53.9. The van der Waals surface area contributed by atoms with E-state index in [1.54, 1.807) is 0 Å². The van der Waals surface area contributed by atoms with Crippen LogP contribution in [0.25, 0.3) is 0 Å². The van der Waals surface area contributed by atoms with Gasteiger partial charge in [0.2, 0.25) is 0 Å². The number of hydrogen-bond donors (Lipinski definition) is 0. The molecule has 0 aliphatic rings. The Morgan fingerprint density at radius 2 is 0.487 bits per heavy atom. The molecule has 1 unspecified atom stereocenters. The molecule has 0 heterocycles. The van der Waals surface area contributed by atoms with Gasteiger partial charge < -0.3 is 14.2 Å². The topological polar surface area (TPSA) is 78.9 Å². The minimum Gasteiger partial charge on any atom is -0.462 e. The SMILES string of the molecule is CC/C=C\C/C=C\C/C=C\C/C=C\CCCCCCCCCCCCCCC(=O)OC(COC(=O)CCCCCCCC)COC(=O)CCCCCCCCCCCCCCCCCCCCCCCCCCCCCCCCC. The number of hydrogen-bond acceptors (Lipinski definition) is 6. The zero-order chi connectivity index (χ0) is 57.8. The van der Waals surface area contributed by atoms with Crippen molar-refractivity contribution in [2.75, 3.05) is 13.2 Å². The second kappa shape index (κ2) is 68.9. The molecule has 0 saturated heterocycles. The summed E-state index contributed by atoms with van der Waals surface area (Å²) in [5.41, 5.74) is 0. The Morgan fingerprint density at radius 3 is 0.762 bits per heavy atom. The van der Waals surface area contributed by atoms with E-state index in [4.69, 9.17) is 14.2 Å². The minimum atomic E-state index is -0.770. The Labute approximate surface area is 498 Å². The highest BCUT2D eigenvalue weighted by molar-refractivity contribution is 5.71. The lowest BCUT2D eigenvalue weighted by Gasteiger charge is -2.18. The number of carbonyl (C=O) groups is 3. The molecular weight excluding hydrogens is 985 g/mol. The number of ether oxygens (including phenoxy) is 3. The van der Waals surface area contributed by atoms with Gasteiger partial charge in [-0.05, 0) is 57.8 Å². The first-order valence-corrected chi connectivity index (χ1v) is 35.6. The van der Waals surface area contributed by atoms with E-state index in [1.807, 2.05) is 0 Å². The minimum absolute atomic E-state index is 0.0689. The molecule has 0 aliphatic heterocycles. The van der Waals surface area contributed by atoms with E-state index in [0.29, 0.717) is 19.3 Å². The van der Waals surface area contributed by atoms with Crippen molar-refractivity contribution in [1.29, 1.82) is 0 Å². The summed E-state index contributed by atoms with van der Waals surface area (Å²) in [5, 5.41) is 0. The summed E-state index contributed by atoms with van der Waals surface area (Å²) in [5.74, 6) is -0.858. The van der Waals surface area contributed by atoms with Crippen LogP contribution in [0.5, 0.6) is 0 Å². The van der Waals surface area contributed by atoms with Gasteiger partial charge in [-0.25, -0.2) is 0 Å². The highest BCUT2D eigenvalue weighted by atomic mass is 16.6. The second-order valence-electron chi connectivity index (χ2n) is 24.1. The van der Waals surface area contributed by atoms with Crippen LogP contribution in [-0.4, -0.2) is 37.2 Å². The summed E-state index contributed by atoms with van der Waals surface area (Å²) in [6, 6.07) is 0. The van der Waals surface area contributed by atoms with Crippen LogP contribution < -0.4 is 0 Å². The third-order valence-corrected chi connectivity index (χ3v) is 16.1. The summed E-state index contributed by atoms with van der Waals surface area (Å²) in [6.07, 6.45) is 87.7. The first-order valence-electron chi connectivity index (χ1n) is 35.6. The molecule has 1 atom stereocenters. The van der Waals surface area contributed by atoms with Gasteiger partial charge in [-0.2, -0.15) is 0 Å². The Kier molecular flexibility index (Phi) is 66.6. The molecule has 0 radical (unpaired) electrons. The fraction of sp³-hybridized carbons (Fsp3) is 0.851. The van der Waals surface area contributed by atoms with Gasteiger partial charge in [-0.15, -0.1) is 0 Å². The molecule has 0 aliphatic carbocycles. The molecular formula is C74H136O6. The van der Waals surface area contributed by atoms with Crippen molar-refractivity contribution in [2.45, 2.75) is 393 Å². The summed E-state index contributed by atoms with van der Waals surface area (Å²) < 4.78 is 16.9. The molecule has 0 spiro atoms. The maximum absolute atomic E-state index is 12.9. The van der Waals surface area contributed by atoms with Crippen molar-refractivity contribution in [3.05, 3.63) is 48.6 Å². The van der Waals surface area contributed by atoms with Crippen molar-refractivity contribution in [3.8, 4) is 0 Å². The standard InChI is InChI=1S/C74H136O6/c1-4-7-10-13-16-18-20-22-24-26-28-30-32-34-35-36-37-38-39-41-42-44-46-48-50-52-54-56-58-61-64-67-73(76)79-70-71(69-78-72(75)66-63-60-15-12-9-6-3)80-74(77)68-65-62-59-57-55-53-51-49-47-45-43-40-33-31-29-27-25-23-21-19-17-14-11-8-5-2/h8,11,17,19,23,25,29,31,71H,4-7,9-10,12-16,18,20-22,24,26-28,30,32-70H2,1-3H3/b11-8-,19-17-,25-23-,31-29-. The van der Waals surface area contributed by atoms with Crippen molar-refractivity contribution < 1.29 is 28.6 Å². The lowest BCUT2D eigenvalue weighted by Crippen LogP contribution is -2.30. The number of carbonyl (C=O) groups excluding carboxylic acids is 3. The van der Waals surface area contributed by atoms with Gasteiger partial charge in [-0.3, -0.25) is 14.4 Å². The average Bonchev–Trinajstić information content (AvgIpc) is 3.46. The third kappa shape index (κ3) is 66.2. The van der Waals surface area contributed by atoms with Gasteiger partial charge in [0.15, 0.2) is 6.10 Å². The molecule has 80 heavy (non-hydrogen) atoms. The number of esters is 3. The molecule has 6 heteroatoms. The molecule has 468 valence electrons. The van der Waals surface area contributed by atoms with Gasteiger partial charge >= 0.3 is 17.9 Å². The zero-order valence-electron chi connectivity index (χ0n) is 53.9. The van der Waals surface area contributed by atoms with Crippen molar-refractivity contribution in [2.24, 2.45) is 0 Å². The van der Waals surface area contributed by atoms with Crippen molar-refractivity contribution in [3.63, 3.8) is 0 Å². The highest BCUT2D eigenvalue weighted by Gasteiger charge is 2.19. The van der Waals surface area contributed by atoms with E-state index in [1.165, 1.54) is 263 Å². The first-order chi connectivity index (χ1) is 39.5. The Bertz CT molecular complexity index is 1380. The molecule has 0 aromatic carbocycles. The van der Waals surface area contributed by atoms with Crippen LogP contribution in [0.3, 0.4) is 0 Å². The molecule has 0 aromatic heterocycles. The fourth-order valence-corrected chi connectivity index (χ4v) is 10.8. The van der Waals surface area contributed by atoms with Crippen LogP contribution >= 0.6 is 0 Å². The van der Waals surface area contributed by atoms with Gasteiger partial charge in [-0.1, -0.05) is 358 Å². The predicted molar refractivity (Wildman–Crippen MR) is 349 cm³/mol. The predicted octanol–water partition coefficient (Wildman–Crippen LogP) is 24.5. The van der Waals surface area contributed by atoms with E-state index >= 15 is 0 Å². The quantitative estimate of drug-likeness (QED) is 0.0261. The van der Waals surface area contributed by atoms with Crippen LogP contribution in [0.15, 0.2) is 48.6 Å². The number of rotatable bonds is 66. The van der Waals surface area contributed by atoms with Gasteiger partial charge in [0.05, 0.1) is 0 Å². The van der Waals surface area contributed by atoms with E-state index in [9.17, 15) is 14.4 Å². The second-order valence-corrected chi connectivity index (χ2v) is 24.1. The van der Waals surface area contributed by atoms with Crippen LogP contribution in [0, 0.1) is 0 Å². The number of allylic oxidation sites excluding steroid dienone is 8. The lowest BCUT2D eigenvalue weighted by atomic mass is 10.0. The van der Waals surface area contributed by atoms with Crippen molar-refractivity contribution >= 4 is 17.9 Å². The highest BCUT2D eigenvalue weighted by Crippen LogP contribution is 2.19. The first kappa shape index (κ1) is 77.4. The summed E-state index contributed by atoms with van der Waals surface area (Å²) in [6.45, 7) is 6.53. The van der Waals surface area contributed by atoms with E-state index in [2.05, 4.69) is 69.4 Å². The molecule has 0 rings (SSSR count). The summed E-state index contributed by atoms with van der Waals surface area (Å²) in [7, 11) is 0. The monoisotopic (exact) mass is 1120 g/mol. The van der Waals surface area contributed by atoms with Crippen LogP contribution in [0.1, 0.15) is 387 Å². The molecule has 0 N–H and O–H groups in total. The smallest absolute Gasteiger partial charge is 0.306 e. The van der Waals surface area contributed by atoms with E-state index < -0.39 is 6.10 Å². The van der Waals surface area contributed by atoms with E-state index in [-0.39, 0.29) is 31.1 Å². The molecule has 0 bridgehead atoms. The van der Waals surface area contributed by atoms with Crippen LogP contribution in [0.4, 0.5) is 0 Å². The fourth-order valence-electron chi connectivity index (χ4n) is 10.8. The van der Waals surface area contributed by atoms with Gasteiger partial charge in [0, 0.05) is 19.3 Å². The summed E-state index contributed by atoms with van der Waals surface area (Å²) >= 11 is 0. The third-order valence-electron chi connectivity index (χ3n) is 16.1. The molecule has 6 nitrogen and oxygen atoms in total. The molecule has 0 amide bonds. The average molecular weight is 1120 g/mol. The van der Waals surface area contributed by atoms with Gasteiger partial charge in [0.25, 0.3) is 0 Å². The largest absolute Gasteiger partial charge is 0.462 e. The van der Waals surface area contributed by atoms with Crippen LogP contribution in [-0.2, 0) is 28.6 Å². The van der Waals surface area contributed by atoms with Gasteiger partial charge in [0.1, 0.15) is 13.2 Å². The maximum Gasteiger partial charge on any atom is 0.306 e. The Hall–Kier alpha value is -2.63. The molecule has 0 fully saturated rings. The normalized spacial score (nSPS) is 12.3. The molecule has 0 aromatic rings. The van der Waals surface area contributed by atoms with E-state index in [0.717, 1.165) is 83.5 Å². The Morgan fingerprint density at radius 1 is 0.263 bits per heavy atom. The molecule has 0 saturated carbocycles. The van der Waals surface area contributed by atoms with Crippen LogP contribution in [0.2, 0.25) is 0 Å². The number of unbranched alkanes of at least 4 members (excludes halogenated alkanes) is 47.